The summed E-state index contributed by atoms with van der Waals surface area (Å²) in [6.45, 7) is 5.04. The van der Waals surface area contributed by atoms with E-state index in [1.54, 1.807) is 4.90 Å². The van der Waals surface area contributed by atoms with Gasteiger partial charge in [-0.1, -0.05) is 24.3 Å². The number of benzene rings is 1. The maximum absolute atomic E-state index is 11.2. The zero-order chi connectivity index (χ0) is 12.8. The summed E-state index contributed by atoms with van der Waals surface area (Å²) in [5.74, 6) is 0. The third-order valence-electron chi connectivity index (χ3n) is 2.73. The molecule has 1 rings (SSSR count). The lowest BCUT2D eigenvalue weighted by molar-refractivity contribution is 0.205. The van der Waals surface area contributed by atoms with Gasteiger partial charge < -0.3 is 16.4 Å². The van der Waals surface area contributed by atoms with Gasteiger partial charge in [-0.05, 0) is 31.4 Å². The molecule has 4 nitrogen and oxygen atoms in total. The van der Waals surface area contributed by atoms with Gasteiger partial charge in [-0.25, -0.2) is 4.79 Å². The molecule has 1 atom stereocenters. The van der Waals surface area contributed by atoms with Gasteiger partial charge in [0.15, 0.2) is 0 Å². The molecule has 0 saturated carbocycles. The van der Waals surface area contributed by atoms with Gasteiger partial charge in [0.25, 0.3) is 0 Å². The van der Waals surface area contributed by atoms with Crippen molar-refractivity contribution in [3.63, 3.8) is 0 Å². The number of amides is 2. The van der Waals surface area contributed by atoms with E-state index >= 15 is 0 Å². The number of hydrogen-bond donors (Lipinski definition) is 2. The van der Waals surface area contributed by atoms with Crippen molar-refractivity contribution in [3.05, 3.63) is 35.4 Å². The van der Waals surface area contributed by atoms with Crippen molar-refractivity contribution in [1.29, 1.82) is 0 Å². The predicted octanol–water partition coefficient (Wildman–Crippen LogP) is 1.27. The monoisotopic (exact) mass is 235 g/mol. The fraction of sp³-hybridized carbons (Fsp3) is 0.462. The van der Waals surface area contributed by atoms with E-state index in [0.29, 0.717) is 13.1 Å². The van der Waals surface area contributed by atoms with Gasteiger partial charge in [0.05, 0.1) is 0 Å². The average Bonchev–Trinajstić information content (AvgIpc) is 2.25. The summed E-state index contributed by atoms with van der Waals surface area (Å²) in [6, 6.07) is 7.68. The zero-order valence-corrected chi connectivity index (χ0v) is 10.5. The molecule has 1 aromatic carbocycles. The second-order valence-corrected chi connectivity index (χ2v) is 4.44. The van der Waals surface area contributed by atoms with Crippen molar-refractivity contribution in [1.82, 2.24) is 4.90 Å². The molecule has 0 saturated heterocycles. The molecule has 4 heteroatoms. The SMILES string of the molecule is Cc1ccccc1CCN(CC(C)N)C(N)=O. The van der Waals surface area contributed by atoms with Crippen LogP contribution in [0.4, 0.5) is 4.79 Å². The molecule has 1 unspecified atom stereocenters. The van der Waals surface area contributed by atoms with Crippen molar-refractivity contribution < 1.29 is 4.79 Å². The molecular formula is C13H21N3O. The van der Waals surface area contributed by atoms with Gasteiger partial charge in [0.1, 0.15) is 0 Å². The minimum atomic E-state index is -0.407. The van der Waals surface area contributed by atoms with E-state index in [-0.39, 0.29) is 6.04 Å². The van der Waals surface area contributed by atoms with Crippen LogP contribution in [-0.4, -0.2) is 30.1 Å². The Morgan fingerprint density at radius 2 is 2.06 bits per heavy atom. The minimum absolute atomic E-state index is 0.0561. The van der Waals surface area contributed by atoms with Crippen molar-refractivity contribution >= 4 is 6.03 Å². The molecule has 17 heavy (non-hydrogen) atoms. The average molecular weight is 235 g/mol. The molecule has 0 aromatic heterocycles. The van der Waals surface area contributed by atoms with E-state index in [1.807, 2.05) is 19.1 Å². The van der Waals surface area contributed by atoms with Crippen LogP contribution in [0.1, 0.15) is 18.1 Å². The number of nitrogens with two attached hydrogens (primary N) is 2. The summed E-state index contributed by atoms with van der Waals surface area (Å²) >= 11 is 0. The van der Waals surface area contributed by atoms with Crippen LogP contribution < -0.4 is 11.5 Å². The molecule has 4 N–H and O–H groups in total. The van der Waals surface area contributed by atoms with Crippen LogP contribution in [0.15, 0.2) is 24.3 Å². The quantitative estimate of drug-likeness (QED) is 0.806. The van der Waals surface area contributed by atoms with E-state index in [0.717, 1.165) is 6.42 Å². The maximum atomic E-state index is 11.2. The lowest BCUT2D eigenvalue weighted by atomic mass is 10.1. The number of hydrogen-bond acceptors (Lipinski definition) is 2. The maximum Gasteiger partial charge on any atom is 0.314 e. The molecule has 2 amide bonds. The first-order valence-corrected chi connectivity index (χ1v) is 5.85. The molecule has 1 aromatic rings. The minimum Gasteiger partial charge on any atom is -0.351 e. The number of aryl methyl sites for hydroxylation is 1. The largest absolute Gasteiger partial charge is 0.351 e. The number of urea groups is 1. The van der Waals surface area contributed by atoms with Crippen molar-refractivity contribution in [2.75, 3.05) is 13.1 Å². The highest BCUT2D eigenvalue weighted by atomic mass is 16.2. The van der Waals surface area contributed by atoms with Gasteiger partial charge in [-0.3, -0.25) is 0 Å². The second-order valence-electron chi connectivity index (χ2n) is 4.44. The Balaban J connectivity index is 2.58. The molecule has 0 bridgehead atoms. The number of rotatable bonds is 5. The lowest BCUT2D eigenvalue weighted by Gasteiger charge is -2.22. The predicted molar refractivity (Wildman–Crippen MR) is 69.7 cm³/mol. The van der Waals surface area contributed by atoms with E-state index in [1.165, 1.54) is 11.1 Å². The zero-order valence-electron chi connectivity index (χ0n) is 10.5. The Morgan fingerprint density at radius 1 is 1.41 bits per heavy atom. The van der Waals surface area contributed by atoms with Gasteiger partial charge >= 0.3 is 6.03 Å². The van der Waals surface area contributed by atoms with Crippen LogP contribution in [-0.2, 0) is 6.42 Å². The fourth-order valence-corrected chi connectivity index (χ4v) is 1.79. The molecule has 0 fully saturated rings. The Labute approximate surface area is 103 Å². The van der Waals surface area contributed by atoms with Gasteiger partial charge in [-0.15, -0.1) is 0 Å². The Bertz CT molecular complexity index is 377. The molecule has 0 spiro atoms. The van der Waals surface area contributed by atoms with Crippen molar-refractivity contribution in [2.24, 2.45) is 11.5 Å². The summed E-state index contributed by atoms with van der Waals surface area (Å²) in [7, 11) is 0. The Morgan fingerprint density at radius 3 is 2.59 bits per heavy atom. The molecule has 0 aliphatic rings. The number of primary amides is 1. The topological polar surface area (TPSA) is 72.3 Å². The van der Waals surface area contributed by atoms with Crippen LogP contribution in [0.25, 0.3) is 0 Å². The van der Waals surface area contributed by atoms with E-state index in [9.17, 15) is 4.79 Å². The first kappa shape index (κ1) is 13.5. The second kappa shape index (κ2) is 6.25. The molecule has 94 valence electrons. The van der Waals surface area contributed by atoms with Crippen LogP contribution in [0, 0.1) is 6.92 Å². The first-order chi connectivity index (χ1) is 8.00. The molecule has 0 heterocycles. The number of carbonyl (C=O) groups excluding carboxylic acids is 1. The van der Waals surface area contributed by atoms with Crippen molar-refractivity contribution in [2.45, 2.75) is 26.3 Å². The molecule has 0 aliphatic carbocycles. The normalized spacial score (nSPS) is 12.2. The third kappa shape index (κ3) is 4.44. The molecule has 0 radical (unpaired) electrons. The van der Waals surface area contributed by atoms with Gasteiger partial charge in [-0.2, -0.15) is 0 Å². The number of nitrogens with zero attached hydrogens (tertiary/aromatic N) is 1. The van der Waals surface area contributed by atoms with Gasteiger partial charge in [0.2, 0.25) is 0 Å². The standard InChI is InChI=1S/C13H21N3O/c1-10-5-3-4-6-12(10)7-8-16(13(15)17)9-11(2)14/h3-6,11H,7-9,14H2,1-2H3,(H2,15,17). The van der Waals surface area contributed by atoms with Gasteiger partial charge in [0, 0.05) is 19.1 Å². The smallest absolute Gasteiger partial charge is 0.314 e. The molecule has 0 aliphatic heterocycles. The highest BCUT2D eigenvalue weighted by molar-refractivity contribution is 5.72. The Hall–Kier alpha value is -1.55. The van der Waals surface area contributed by atoms with E-state index in [4.69, 9.17) is 11.5 Å². The fourth-order valence-electron chi connectivity index (χ4n) is 1.79. The van der Waals surface area contributed by atoms with Crippen LogP contribution in [0.5, 0.6) is 0 Å². The summed E-state index contributed by atoms with van der Waals surface area (Å²) in [5.41, 5.74) is 13.5. The highest BCUT2D eigenvalue weighted by Gasteiger charge is 2.11. The number of carbonyl (C=O) groups is 1. The highest BCUT2D eigenvalue weighted by Crippen LogP contribution is 2.08. The lowest BCUT2D eigenvalue weighted by Crippen LogP contribution is -2.43. The summed E-state index contributed by atoms with van der Waals surface area (Å²) < 4.78 is 0. The van der Waals surface area contributed by atoms with Crippen LogP contribution in [0.2, 0.25) is 0 Å². The third-order valence-corrected chi connectivity index (χ3v) is 2.73. The van der Waals surface area contributed by atoms with Crippen LogP contribution >= 0.6 is 0 Å². The van der Waals surface area contributed by atoms with Crippen molar-refractivity contribution in [3.8, 4) is 0 Å². The first-order valence-electron chi connectivity index (χ1n) is 5.85. The molecular weight excluding hydrogens is 214 g/mol. The summed E-state index contributed by atoms with van der Waals surface area (Å²) in [5, 5.41) is 0. The summed E-state index contributed by atoms with van der Waals surface area (Å²) in [6.07, 6.45) is 0.808. The Kier molecular flexibility index (Phi) is 4.97. The van der Waals surface area contributed by atoms with Crippen LogP contribution in [0.3, 0.4) is 0 Å². The van der Waals surface area contributed by atoms with E-state index < -0.39 is 6.03 Å². The summed E-state index contributed by atoms with van der Waals surface area (Å²) in [4.78, 5) is 12.8. The van der Waals surface area contributed by atoms with E-state index in [2.05, 4.69) is 19.1 Å².